The quantitative estimate of drug-likeness (QED) is 0.866. The SMILES string of the molecule is COc1ccc(NC(=O)CC2(CN)CCCCC2)cn1. The minimum Gasteiger partial charge on any atom is -0.481 e. The predicted octanol–water partition coefficient (Wildman–Crippen LogP) is 2.33. The second kappa shape index (κ2) is 6.70. The molecule has 0 bridgehead atoms. The van der Waals surface area contributed by atoms with E-state index in [1.54, 1.807) is 25.4 Å². The van der Waals surface area contributed by atoms with Gasteiger partial charge in [-0.25, -0.2) is 4.98 Å². The number of nitrogens with two attached hydrogens (primary N) is 1. The molecule has 0 radical (unpaired) electrons. The summed E-state index contributed by atoms with van der Waals surface area (Å²) in [6, 6.07) is 3.52. The second-order valence-electron chi connectivity index (χ2n) is 5.58. The van der Waals surface area contributed by atoms with E-state index in [9.17, 15) is 4.79 Å². The molecule has 0 spiro atoms. The highest BCUT2D eigenvalue weighted by Crippen LogP contribution is 2.38. The fraction of sp³-hybridized carbons (Fsp3) is 0.600. The fourth-order valence-electron chi connectivity index (χ4n) is 2.88. The first-order valence-electron chi connectivity index (χ1n) is 7.17. The smallest absolute Gasteiger partial charge is 0.225 e. The summed E-state index contributed by atoms with van der Waals surface area (Å²) in [5, 5.41) is 2.89. The molecule has 0 aliphatic heterocycles. The summed E-state index contributed by atoms with van der Waals surface area (Å²) in [5.41, 5.74) is 6.59. The highest BCUT2D eigenvalue weighted by Gasteiger charge is 2.32. The average Bonchev–Trinajstić information content (AvgIpc) is 2.49. The summed E-state index contributed by atoms with van der Waals surface area (Å²) in [7, 11) is 1.56. The van der Waals surface area contributed by atoms with Crippen molar-refractivity contribution in [3.8, 4) is 5.88 Å². The molecule has 5 heteroatoms. The number of carbonyl (C=O) groups is 1. The van der Waals surface area contributed by atoms with E-state index in [1.807, 2.05) is 0 Å². The molecule has 1 aliphatic rings. The molecule has 1 aliphatic carbocycles. The lowest BCUT2D eigenvalue weighted by Crippen LogP contribution is -2.36. The van der Waals surface area contributed by atoms with E-state index in [2.05, 4.69) is 10.3 Å². The number of rotatable bonds is 5. The summed E-state index contributed by atoms with van der Waals surface area (Å²) in [5.74, 6) is 0.554. The van der Waals surface area contributed by atoms with E-state index in [0.717, 1.165) is 12.8 Å². The Labute approximate surface area is 119 Å². The topological polar surface area (TPSA) is 77.2 Å². The normalized spacial score (nSPS) is 17.5. The van der Waals surface area contributed by atoms with Gasteiger partial charge in [0.2, 0.25) is 11.8 Å². The summed E-state index contributed by atoms with van der Waals surface area (Å²) >= 11 is 0. The van der Waals surface area contributed by atoms with Crippen molar-refractivity contribution in [1.29, 1.82) is 0 Å². The molecule has 110 valence electrons. The fourth-order valence-corrected chi connectivity index (χ4v) is 2.88. The first kappa shape index (κ1) is 14.8. The number of methoxy groups -OCH3 is 1. The molecule has 1 heterocycles. The van der Waals surface area contributed by atoms with Crippen molar-refractivity contribution in [3.05, 3.63) is 18.3 Å². The summed E-state index contributed by atoms with van der Waals surface area (Å²) in [4.78, 5) is 16.2. The van der Waals surface area contributed by atoms with Gasteiger partial charge in [-0.15, -0.1) is 0 Å². The number of hydrogen-bond donors (Lipinski definition) is 2. The number of aromatic nitrogens is 1. The largest absolute Gasteiger partial charge is 0.481 e. The third-order valence-electron chi connectivity index (χ3n) is 4.11. The molecular formula is C15H23N3O2. The Bertz CT molecular complexity index is 439. The van der Waals surface area contributed by atoms with Gasteiger partial charge in [-0.2, -0.15) is 0 Å². The molecule has 0 atom stereocenters. The van der Waals surface area contributed by atoms with E-state index in [0.29, 0.717) is 24.5 Å². The first-order valence-corrected chi connectivity index (χ1v) is 7.17. The van der Waals surface area contributed by atoms with Crippen LogP contribution >= 0.6 is 0 Å². The van der Waals surface area contributed by atoms with Crippen LogP contribution in [0.5, 0.6) is 5.88 Å². The van der Waals surface area contributed by atoms with E-state index in [4.69, 9.17) is 10.5 Å². The molecule has 3 N–H and O–H groups in total. The molecule has 1 fully saturated rings. The number of pyridine rings is 1. The highest BCUT2D eigenvalue weighted by atomic mass is 16.5. The van der Waals surface area contributed by atoms with Gasteiger partial charge in [-0.05, 0) is 30.9 Å². The van der Waals surface area contributed by atoms with Gasteiger partial charge in [0.25, 0.3) is 0 Å². The van der Waals surface area contributed by atoms with Gasteiger partial charge in [0.15, 0.2) is 0 Å². The van der Waals surface area contributed by atoms with Crippen molar-refractivity contribution in [2.24, 2.45) is 11.1 Å². The number of nitrogens with zero attached hydrogens (tertiary/aromatic N) is 1. The lowest BCUT2D eigenvalue weighted by molar-refractivity contribution is -0.118. The Morgan fingerprint density at radius 3 is 2.70 bits per heavy atom. The maximum absolute atomic E-state index is 12.2. The van der Waals surface area contributed by atoms with Crippen LogP contribution in [0, 0.1) is 5.41 Å². The maximum Gasteiger partial charge on any atom is 0.225 e. The molecular weight excluding hydrogens is 254 g/mol. The van der Waals surface area contributed by atoms with Crippen molar-refractivity contribution in [1.82, 2.24) is 4.98 Å². The Hall–Kier alpha value is -1.62. The average molecular weight is 277 g/mol. The van der Waals surface area contributed by atoms with Crippen LogP contribution in [0.2, 0.25) is 0 Å². The van der Waals surface area contributed by atoms with Crippen LogP contribution in [0.3, 0.4) is 0 Å². The minimum atomic E-state index is -0.0117. The number of ether oxygens (including phenoxy) is 1. The maximum atomic E-state index is 12.2. The molecule has 0 aromatic carbocycles. The Morgan fingerprint density at radius 1 is 1.40 bits per heavy atom. The number of anilines is 1. The van der Waals surface area contributed by atoms with Crippen LogP contribution in [-0.4, -0.2) is 24.5 Å². The zero-order valence-electron chi connectivity index (χ0n) is 12.0. The van der Waals surface area contributed by atoms with Crippen LogP contribution in [0.25, 0.3) is 0 Å². The molecule has 5 nitrogen and oxygen atoms in total. The van der Waals surface area contributed by atoms with Gasteiger partial charge in [-0.3, -0.25) is 4.79 Å². The predicted molar refractivity (Wildman–Crippen MR) is 78.6 cm³/mol. The van der Waals surface area contributed by atoms with Crippen molar-refractivity contribution >= 4 is 11.6 Å². The molecule has 2 rings (SSSR count). The molecule has 20 heavy (non-hydrogen) atoms. The van der Waals surface area contributed by atoms with Gasteiger partial charge < -0.3 is 15.8 Å². The zero-order chi connectivity index (χ0) is 14.4. The third kappa shape index (κ3) is 3.70. The van der Waals surface area contributed by atoms with E-state index in [1.165, 1.54) is 19.3 Å². The van der Waals surface area contributed by atoms with Crippen LogP contribution in [0.1, 0.15) is 38.5 Å². The van der Waals surface area contributed by atoms with Crippen molar-refractivity contribution < 1.29 is 9.53 Å². The molecule has 1 aromatic rings. The third-order valence-corrected chi connectivity index (χ3v) is 4.11. The zero-order valence-corrected chi connectivity index (χ0v) is 12.0. The van der Waals surface area contributed by atoms with Crippen molar-refractivity contribution in [3.63, 3.8) is 0 Å². The van der Waals surface area contributed by atoms with Crippen molar-refractivity contribution in [2.45, 2.75) is 38.5 Å². The first-order chi connectivity index (χ1) is 9.67. The number of nitrogens with one attached hydrogen (secondary N) is 1. The standard InChI is InChI=1S/C15H23N3O2/c1-20-14-6-5-12(10-17-14)18-13(19)9-15(11-16)7-3-2-4-8-15/h5-6,10H,2-4,7-9,11,16H2,1H3,(H,18,19). The van der Waals surface area contributed by atoms with Gasteiger partial charge in [0.05, 0.1) is 19.0 Å². The molecule has 0 unspecified atom stereocenters. The molecule has 1 aromatic heterocycles. The number of amides is 1. The van der Waals surface area contributed by atoms with Crippen LogP contribution in [-0.2, 0) is 4.79 Å². The van der Waals surface area contributed by atoms with E-state index in [-0.39, 0.29) is 11.3 Å². The summed E-state index contributed by atoms with van der Waals surface area (Å²) < 4.78 is 4.99. The second-order valence-corrected chi connectivity index (χ2v) is 5.58. The van der Waals surface area contributed by atoms with E-state index < -0.39 is 0 Å². The van der Waals surface area contributed by atoms with Gasteiger partial charge >= 0.3 is 0 Å². The Kier molecular flexibility index (Phi) is 4.95. The number of carbonyl (C=O) groups excluding carboxylic acids is 1. The monoisotopic (exact) mass is 277 g/mol. The van der Waals surface area contributed by atoms with Gasteiger partial charge in [0, 0.05) is 12.5 Å². The lowest BCUT2D eigenvalue weighted by atomic mass is 9.71. The minimum absolute atomic E-state index is 0.0117. The summed E-state index contributed by atoms with van der Waals surface area (Å²) in [6.07, 6.45) is 7.81. The van der Waals surface area contributed by atoms with Crippen molar-refractivity contribution in [2.75, 3.05) is 19.0 Å². The summed E-state index contributed by atoms with van der Waals surface area (Å²) in [6.45, 7) is 0.585. The molecule has 1 saturated carbocycles. The molecule has 0 saturated heterocycles. The van der Waals surface area contributed by atoms with Gasteiger partial charge in [-0.1, -0.05) is 19.3 Å². The molecule has 1 amide bonds. The highest BCUT2D eigenvalue weighted by molar-refractivity contribution is 5.91. The van der Waals surface area contributed by atoms with E-state index >= 15 is 0 Å². The van der Waals surface area contributed by atoms with Crippen LogP contribution < -0.4 is 15.8 Å². The number of hydrogen-bond acceptors (Lipinski definition) is 4. The Balaban J connectivity index is 1.93. The van der Waals surface area contributed by atoms with Gasteiger partial charge in [0.1, 0.15) is 0 Å². The van der Waals surface area contributed by atoms with Crippen LogP contribution in [0.15, 0.2) is 18.3 Å². The van der Waals surface area contributed by atoms with Crippen LogP contribution in [0.4, 0.5) is 5.69 Å². The lowest BCUT2D eigenvalue weighted by Gasteiger charge is -2.35. The Morgan fingerprint density at radius 2 is 2.15 bits per heavy atom.